The van der Waals surface area contributed by atoms with Crippen LogP contribution in [0.5, 0.6) is 17.2 Å². The number of aromatic nitrogens is 2. The molecule has 0 saturated heterocycles. The van der Waals surface area contributed by atoms with Crippen molar-refractivity contribution in [1.29, 1.82) is 0 Å². The number of carbonyl (C=O) groups is 1. The number of nitrogens with zero attached hydrogens (tertiary/aromatic N) is 1. The number of aromatic amines is 1. The van der Waals surface area contributed by atoms with Crippen LogP contribution in [0, 0.1) is 6.92 Å². The molecule has 7 heteroatoms. The van der Waals surface area contributed by atoms with Crippen molar-refractivity contribution >= 4 is 22.6 Å². The van der Waals surface area contributed by atoms with Gasteiger partial charge < -0.3 is 24.5 Å². The number of anilines is 1. The average Bonchev–Trinajstić information content (AvgIpc) is 3.00. The van der Waals surface area contributed by atoms with Crippen LogP contribution in [0.25, 0.3) is 11.0 Å². The molecule has 0 saturated carbocycles. The van der Waals surface area contributed by atoms with Gasteiger partial charge in [-0.05, 0) is 19.1 Å². The molecule has 1 aromatic heterocycles. The molecule has 1 heterocycles. The fraction of sp³-hybridized carbons (Fsp3) is 0.222. The molecule has 0 aliphatic heterocycles. The van der Waals surface area contributed by atoms with Gasteiger partial charge in [-0.15, -0.1) is 0 Å². The summed E-state index contributed by atoms with van der Waals surface area (Å²) < 4.78 is 15.9. The molecule has 0 atom stereocenters. The summed E-state index contributed by atoms with van der Waals surface area (Å²) >= 11 is 0. The quantitative estimate of drug-likeness (QED) is 0.744. The minimum atomic E-state index is -0.272. The fourth-order valence-electron chi connectivity index (χ4n) is 2.69. The van der Waals surface area contributed by atoms with Crippen molar-refractivity contribution in [3.8, 4) is 17.2 Å². The van der Waals surface area contributed by atoms with Gasteiger partial charge in [-0.2, -0.15) is 0 Å². The summed E-state index contributed by atoms with van der Waals surface area (Å²) in [4.78, 5) is 20.2. The summed E-state index contributed by atoms with van der Waals surface area (Å²) in [6, 6.07) is 8.77. The molecule has 0 aliphatic carbocycles. The predicted octanol–water partition coefficient (Wildman–Crippen LogP) is 3.15. The number of ether oxygens (including phenoxy) is 3. The molecule has 130 valence electrons. The van der Waals surface area contributed by atoms with E-state index in [2.05, 4.69) is 15.3 Å². The number of fused-ring (bicyclic) bond motifs is 1. The molecule has 0 bridgehead atoms. The molecule has 0 spiro atoms. The number of H-pyrrole nitrogens is 1. The van der Waals surface area contributed by atoms with Gasteiger partial charge in [0.2, 0.25) is 5.75 Å². The maximum absolute atomic E-state index is 12.7. The Morgan fingerprint density at radius 1 is 1.08 bits per heavy atom. The molecule has 0 fully saturated rings. The van der Waals surface area contributed by atoms with Gasteiger partial charge in [0.05, 0.1) is 32.4 Å². The molecule has 1 amide bonds. The molecular weight excluding hydrogens is 322 g/mol. The first-order valence-corrected chi connectivity index (χ1v) is 7.64. The zero-order valence-corrected chi connectivity index (χ0v) is 14.5. The highest BCUT2D eigenvalue weighted by Gasteiger charge is 2.17. The maximum Gasteiger partial charge on any atom is 0.257 e. The second-order valence-electron chi connectivity index (χ2n) is 5.39. The number of rotatable bonds is 5. The molecule has 0 radical (unpaired) electrons. The van der Waals surface area contributed by atoms with Gasteiger partial charge in [0, 0.05) is 17.8 Å². The minimum Gasteiger partial charge on any atom is -0.493 e. The number of nitrogens with one attached hydrogen (secondary N) is 2. The largest absolute Gasteiger partial charge is 0.493 e. The van der Waals surface area contributed by atoms with E-state index in [1.807, 2.05) is 19.1 Å². The van der Waals surface area contributed by atoms with E-state index in [1.54, 1.807) is 18.2 Å². The van der Waals surface area contributed by atoms with E-state index in [0.29, 0.717) is 34.0 Å². The molecule has 7 nitrogen and oxygen atoms in total. The second kappa shape index (κ2) is 6.72. The standard InChI is InChI=1S/C18H19N3O4/c1-10-19-13-7-5-6-12(16(13)20-10)18(22)21-11-8-14(23-2)17(25-4)15(9-11)24-3/h5-9H,1-4H3,(H,19,20)(H,21,22). The number of methoxy groups -OCH3 is 3. The van der Waals surface area contributed by atoms with Gasteiger partial charge in [-0.3, -0.25) is 4.79 Å². The van der Waals surface area contributed by atoms with E-state index < -0.39 is 0 Å². The van der Waals surface area contributed by atoms with Crippen molar-refractivity contribution in [3.05, 3.63) is 41.7 Å². The molecule has 3 rings (SSSR count). The summed E-state index contributed by atoms with van der Waals surface area (Å²) in [5.74, 6) is 1.87. The van der Waals surface area contributed by atoms with E-state index in [0.717, 1.165) is 11.3 Å². The number of aryl methyl sites for hydroxylation is 1. The highest BCUT2D eigenvalue weighted by atomic mass is 16.5. The van der Waals surface area contributed by atoms with Crippen molar-refractivity contribution in [2.75, 3.05) is 26.6 Å². The molecule has 2 aromatic carbocycles. The second-order valence-corrected chi connectivity index (χ2v) is 5.39. The van der Waals surface area contributed by atoms with Gasteiger partial charge >= 0.3 is 0 Å². The lowest BCUT2D eigenvalue weighted by molar-refractivity contribution is 0.102. The van der Waals surface area contributed by atoms with Crippen LogP contribution >= 0.6 is 0 Å². The monoisotopic (exact) mass is 341 g/mol. The Bertz CT molecular complexity index is 908. The average molecular weight is 341 g/mol. The third kappa shape index (κ3) is 3.08. The smallest absolute Gasteiger partial charge is 0.257 e. The number of amides is 1. The van der Waals surface area contributed by atoms with Crippen LogP contribution in [0.3, 0.4) is 0 Å². The lowest BCUT2D eigenvalue weighted by atomic mass is 10.1. The first kappa shape index (κ1) is 16.6. The SMILES string of the molecule is COc1cc(NC(=O)c2cccc3[nH]c(C)nc23)cc(OC)c1OC. The normalized spacial score (nSPS) is 10.6. The number of carbonyl (C=O) groups excluding carboxylic acids is 1. The predicted molar refractivity (Wildman–Crippen MR) is 94.9 cm³/mol. The van der Waals surface area contributed by atoms with Crippen LogP contribution in [-0.2, 0) is 0 Å². The number of hydrogen-bond donors (Lipinski definition) is 2. The summed E-state index contributed by atoms with van der Waals surface area (Å²) in [5.41, 5.74) is 2.46. The Morgan fingerprint density at radius 2 is 1.76 bits per heavy atom. The first-order chi connectivity index (χ1) is 12.1. The van der Waals surface area contributed by atoms with Crippen LogP contribution in [0.1, 0.15) is 16.2 Å². The van der Waals surface area contributed by atoms with E-state index in [-0.39, 0.29) is 5.91 Å². The molecule has 25 heavy (non-hydrogen) atoms. The van der Waals surface area contributed by atoms with Crippen LogP contribution in [0.15, 0.2) is 30.3 Å². The third-order valence-corrected chi connectivity index (χ3v) is 3.80. The van der Waals surface area contributed by atoms with E-state index in [9.17, 15) is 4.79 Å². The summed E-state index contributed by atoms with van der Waals surface area (Å²) in [5, 5.41) is 2.85. The highest BCUT2D eigenvalue weighted by Crippen LogP contribution is 2.40. The first-order valence-electron chi connectivity index (χ1n) is 7.64. The molecule has 0 unspecified atom stereocenters. The van der Waals surface area contributed by atoms with Gasteiger partial charge in [-0.1, -0.05) is 6.07 Å². The molecule has 0 aliphatic rings. The highest BCUT2D eigenvalue weighted by molar-refractivity contribution is 6.11. The fourth-order valence-corrected chi connectivity index (χ4v) is 2.69. The Hall–Kier alpha value is -3.22. The maximum atomic E-state index is 12.7. The number of imidazole rings is 1. The number of para-hydroxylation sites is 1. The third-order valence-electron chi connectivity index (χ3n) is 3.80. The number of benzene rings is 2. The molecule has 3 aromatic rings. The Kier molecular flexibility index (Phi) is 4.47. The van der Waals surface area contributed by atoms with Gasteiger partial charge in [-0.25, -0.2) is 4.98 Å². The Labute approximate surface area is 144 Å². The lowest BCUT2D eigenvalue weighted by Crippen LogP contribution is -2.13. The topological polar surface area (TPSA) is 85.5 Å². The summed E-state index contributed by atoms with van der Waals surface area (Å²) in [7, 11) is 4.57. The van der Waals surface area contributed by atoms with E-state index in [4.69, 9.17) is 14.2 Å². The summed E-state index contributed by atoms with van der Waals surface area (Å²) in [6.07, 6.45) is 0. The van der Waals surface area contributed by atoms with Crippen molar-refractivity contribution in [1.82, 2.24) is 9.97 Å². The van der Waals surface area contributed by atoms with E-state index in [1.165, 1.54) is 21.3 Å². The van der Waals surface area contributed by atoms with Gasteiger partial charge in [0.25, 0.3) is 5.91 Å². The molecular formula is C18H19N3O4. The van der Waals surface area contributed by atoms with Crippen LogP contribution in [-0.4, -0.2) is 37.2 Å². The van der Waals surface area contributed by atoms with Crippen LogP contribution in [0.2, 0.25) is 0 Å². The Balaban J connectivity index is 1.97. The van der Waals surface area contributed by atoms with Crippen molar-refractivity contribution in [3.63, 3.8) is 0 Å². The van der Waals surface area contributed by atoms with Crippen molar-refractivity contribution in [2.45, 2.75) is 6.92 Å². The number of hydrogen-bond acceptors (Lipinski definition) is 5. The van der Waals surface area contributed by atoms with Gasteiger partial charge in [0.1, 0.15) is 11.3 Å². The van der Waals surface area contributed by atoms with Gasteiger partial charge in [0.15, 0.2) is 11.5 Å². The zero-order valence-electron chi connectivity index (χ0n) is 14.5. The van der Waals surface area contributed by atoms with Crippen molar-refractivity contribution < 1.29 is 19.0 Å². The Morgan fingerprint density at radius 3 is 2.36 bits per heavy atom. The minimum absolute atomic E-state index is 0.272. The summed E-state index contributed by atoms with van der Waals surface area (Å²) in [6.45, 7) is 1.85. The van der Waals surface area contributed by atoms with Crippen LogP contribution < -0.4 is 19.5 Å². The van der Waals surface area contributed by atoms with Crippen molar-refractivity contribution in [2.24, 2.45) is 0 Å². The zero-order chi connectivity index (χ0) is 18.0. The molecule has 2 N–H and O–H groups in total. The van der Waals surface area contributed by atoms with E-state index >= 15 is 0 Å². The van der Waals surface area contributed by atoms with Crippen LogP contribution in [0.4, 0.5) is 5.69 Å². The lowest BCUT2D eigenvalue weighted by Gasteiger charge is -2.14.